The Kier molecular flexibility index (Phi) is 4.57. The largest absolute Gasteiger partial charge is 0.480 e. The Bertz CT molecular complexity index is 462. The molecule has 8 heteroatoms. The number of hydrogen-bond acceptors (Lipinski definition) is 4. The zero-order chi connectivity index (χ0) is 14.5. The maximum absolute atomic E-state index is 12.0. The zero-order valence-corrected chi connectivity index (χ0v) is 11.2. The topological polar surface area (TPSA) is 96.7 Å². The van der Waals surface area contributed by atoms with Crippen LogP contribution >= 0.6 is 0 Å². The van der Waals surface area contributed by atoms with Crippen molar-refractivity contribution < 1.29 is 19.4 Å². The van der Waals surface area contributed by atoms with Gasteiger partial charge in [0.25, 0.3) is 0 Å². The summed E-state index contributed by atoms with van der Waals surface area (Å²) in [5.74, 6) is -1.01. The summed E-state index contributed by atoms with van der Waals surface area (Å²) in [6.45, 7) is 1.22. The molecule has 1 aromatic rings. The Morgan fingerprint density at radius 2 is 2.35 bits per heavy atom. The molecule has 2 atom stereocenters. The predicted octanol–water partition coefficient (Wildman–Crippen LogP) is -0.233. The van der Waals surface area contributed by atoms with E-state index in [1.165, 1.54) is 12.0 Å². The standard InChI is InChI=1S/C12H18N4O4/c1-20-9-7-10(11(17)18)16(8-9)12(19)13-4-6-15-5-2-3-14-15/h2-3,5,9-10H,4,6-8H2,1H3,(H,13,19)(H,17,18). The van der Waals surface area contributed by atoms with Crippen LogP contribution in [0.5, 0.6) is 0 Å². The van der Waals surface area contributed by atoms with Crippen LogP contribution in [0.1, 0.15) is 6.42 Å². The fourth-order valence-corrected chi connectivity index (χ4v) is 2.24. The van der Waals surface area contributed by atoms with Gasteiger partial charge < -0.3 is 20.1 Å². The molecule has 2 unspecified atom stereocenters. The van der Waals surface area contributed by atoms with Gasteiger partial charge in [0, 0.05) is 39.0 Å². The van der Waals surface area contributed by atoms with E-state index in [4.69, 9.17) is 9.84 Å². The van der Waals surface area contributed by atoms with Crippen molar-refractivity contribution in [3.63, 3.8) is 0 Å². The Balaban J connectivity index is 1.85. The molecule has 1 aliphatic rings. The van der Waals surface area contributed by atoms with Gasteiger partial charge in [-0.05, 0) is 6.07 Å². The van der Waals surface area contributed by atoms with E-state index in [9.17, 15) is 9.59 Å². The summed E-state index contributed by atoms with van der Waals surface area (Å²) in [6.07, 6.45) is 3.54. The number of nitrogens with zero attached hydrogens (tertiary/aromatic N) is 3. The first-order chi connectivity index (χ1) is 9.61. The Hall–Kier alpha value is -2.09. The SMILES string of the molecule is COC1CC(C(=O)O)N(C(=O)NCCn2cccn2)C1. The molecule has 2 amide bonds. The van der Waals surface area contributed by atoms with Gasteiger partial charge in [-0.3, -0.25) is 4.68 Å². The first-order valence-electron chi connectivity index (χ1n) is 6.39. The monoisotopic (exact) mass is 282 g/mol. The van der Waals surface area contributed by atoms with Crippen LogP contribution in [0.15, 0.2) is 18.5 Å². The van der Waals surface area contributed by atoms with E-state index in [1.54, 1.807) is 23.1 Å². The third-order valence-electron chi connectivity index (χ3n) is 3.32. The molecule has 2 heterocycles. The number of amides is 2. The molecule has 1 fully saturated rings. The highest BCUT2D eigenvalue weighted by atomic mass is 16.5. The number of carboxylic acid groups (broad SMARTS) is 1. The number of urea groups is 1. The third-order valence-corrected chi connectivity index (χ3v) is 3.32. The van der Waals surface area contributed by atoms with Gasteiger partial charge in [-0.15, -0.1) is 0 Å². The molecule has 110 valence electrons. The second-order valence-corrected chi connectivity index (χ2v) is 4.60. The number of methoxy groups -OCH3 is 1. The molecule has 1 aromatic heterocycles. The molecule has 0 spiro atoms. The van der Waals surface area contributed by atoms with Crippen LogP contribution in [0.3, 0.4) is 0 Å². The summed E-state index contributed by atoms with van der Waals surface area (Å²) in [4.78, 5) is 24.5. The molecular weight excluding hydrogens is 264 g/mol. The van der Waals surface area contributed by atoms with Crippen LogP contribution in [0, 0.1) is 0 Å². The molecule has 20 heavy (non-hydrogen) atoms. The number of carboxylic acids is 1. The van der Waals surface area contributed by atoms with Crippen LogP contribution in [-0.4, -0.2) is 64.1 Å². The van der Waals surface area contributed by atoms with Crippen LogP contribution in [0.25, 0.3) is 0 Å². The van der Waals surface area contributed by atoms with Crippen LogP contribution in [0.2, 0.25) is 0 Å². The summed E-state index contributed by atoms with van der Waals surface area (Å²) in [6, 6.07) is 0.583. The normalized spacial score (nSPS) is 21.9. The Labute approximate surface area is 116 Å². The van der Waals surface area contributed by atoms with E-state index >= 15 is 0 Å². The van der Waals surface area contributed by atoms with Gasteiger partial charge in [0.2, 0.25) is 0 Å². The number of hydrogen-bond donors (Lipinski definition) is 2. The van der Waals surface area contributed by atoms with Crippen molar-refractivity contribution in [2.24, 2.45) is 0 Å². The van der Waals surface area contributed by atoms with Crippen molar-refractivity contribution in [3.05, 3.63) is 18.5 Å². The Morgan fingerprint density at radius 3 is 2.95 bits per heavy atom. The van der Waals surface area contributed by atoms with Gasteiger partial charge in [-0.2, -0.15) is 5.10 Å². The second-order valence-electron chi connectivity index (χ2n) is 4.60. The number of carbonyl (C=O) groups is 2. The highest BCUT2D eigenvalue weighted by Crippen LogP contribution is 2.20. The minimum Gasteiger partial charge on any atom is -0.480 e. The lowest BCUT2D eigenvalue weighted by molar-refractivity contribution is -0.141. The van der Waals surface area contributed by atoms with Gasteiger partial charge >= 0.3 is 12.0 Å². The fourth-order valence-electron chi connectivity index (χ4n) is 2.24. The molecule has 0 saturated carbocycles. The molecule has 0 aromatic carbocycles. The summed E-state index contributed by atoms with van der Waals surface area (Å²) >= 11 is 0. The van der Waals surface area contributed by atoms with Crippen molar-refractivity contribution in [2.45, 2.75) is 25.1 Å². The number of aromatic nitrogens is 2. The van der Waals surface area contributed by atoms with E-state index < -0.39 is 12.0 Å². The first kappa shape index (κ1) is 14.3. The molecule has 1 aliphatic heterocycles. The molecule has 0 bridgehead atoms. The lowest BCUT2D eigenvalue weighted by atomic mass is 10.2. The van der Waals surface area contributed by atoms with Crippen molar-refractivity contribution in [2.75, 3.05) is 20.2 Å². The molecule has 0 radical (unpaired) electrons. The third kappa shape index (κ3) is 3.27. The number of ether oxygens (including phenoxy) is 1. The number of aliphatic carboxylic acids is 1. The van der Waals surface area contributed by atoms with Crippen LogP contribution in [0.4, 0.5) is 4.79 Å². The average Bonchev–Trinajstić information content (AvgIpc) is 3.07. The van der Waals surface area contributed by atoms with Gasteiger partial charge in [0.1, 0.15) is 6.04 Å². The lowest BCUT2D eigenvalue weighted by Crippen LogP contribution is -2.46. The molecule has 2 rings (SSSR count). The minimum absolute atomic E-state index is 0.229. The summed E-state index contributed by atoms with van der Waals surface area (Å²) in [5.41, 5.74) is 0. The van der Waals surface area contributed by atoms with E-state index in [1.807, 2.05) is 0 Å². The van der Waals surface area contributed by atoms with Gasteiger partial charge in [-0.25, -0.2) is 9.59 Å². The smallest absolute Gasteiger partial charge is 0.326 e. The highest BCUT2D eigenvalue weighted by molar-refractivity contribution is 5.83. The van der Waals surface area contributed by atoms with E-state index in [-0.39, 0.29) is 12.1 Å². The fraction of sp³-hybridized carbons (Fsp3) is 0.583. The summed E-state index contributed by atoms with van der Waals surface area (Å²) < 4.78 is 6.83. The second kappa shape index (κ2) is 6.38. The number of rotatable bonds is 5. The van der Waals surface area contributed by atoms with Gasteiger partial charge in [-0.1, -0.05) is 0 Å². The number of carbonyl (C=O) groups excluding carboxylic acids is 1. The van der Waals surface area contributed by atoms with Crippen LogP contribution in [-0.2, 0) is 16.1 Å². The molecule has 2 N–H and O–H groups in total. The Morgan fingerprint density at radius 1 is 1.55 bits per heavy atom. The van der Waals surface area contributed by atoms with Gasteiger partial charge in [0.05, 0.1) is 12.6 Å². The molecule has 1 saturated heterocycles. The van der Waals surface area contributed by atoms with E-state index in [0.29, 0.717) is 26.1 Å². The van der Waals surface area contributed by atoms with E-state index in [0.717, 1.165) is 0 Å². The van der Waals surface area contributed by atoms with Crippen molar-refractivity contribution in [1.29, 1.82) is 0 Å². The minimum atomic E-state index is -1.01. The number of nitrogens with one attached hydrogen (secondary N) is 1. The average molecular weight is 282 g/mol. The maximum Gasteiger partial charge on any atom is 0.326 e. The van der Waals surface area contributed by atoms with Crippen molar-refractivity contribution in [1.82, 2.24) is 20.0 Å². The maximum atomic E-state index is 12.0. The predicted molar refractivity (Wildman–Crippen MR) is 69.2 cm³/mol. The number of likely N-dealkylation sites (tertiary alicyclic amines) is 1. The van der Waals surface area contributed by atoms with Crippen molar-refractivity contribution >= 4 is 12.0 Å². The summed E-state index contributed by atoms with van der Waals surface area (Å²) in [5, 5.41) is 15.8. The molecular formula is C12H18N4O4. The quantitative estimate of drug-likeness (QED) is 0.777. The highest BCUT2D eigenvalue weighted by Gasteiger charge is 2.39. The molecule has 8 nitrogen and oxygen atoms in total. The first-order valence-corrected chi connectivity index (χ1v) is 6.39. The summed E-state index contributed by atoms with van der Waals surface area (Å²) in [7, 11) is 1.52. The zero-order valence-electron chi connectivity index (χ0n) is 11.2. The van der Waals surface area contributed by atoms with Crippen molar-refractivity contribution in [3.8, 4) is 0 Å². The lowest BCUT2D eigenvalue weighted by Gasteiger charge is -2.21. The van der Waals surface area contributed by atoms with Crippen LogP contribution < -0.4 is 5.32 Å². The molecule has 0 aliphatic carbocycles. The van der Waals surface area contributed by atoms with Gasteiger partial charge in [0.15, 0.2) is 0 Å². The van der Waals surface area contributed by atoms with E-state index in [2.05, 4.69) is 10.4 Å².